The van der Waals surface area contributed by atoms with Gasteiger partial charge in [0.1, 0.15) is 5.78 Å². The van der Waals surface area contributed by atoms with Crippen LogP contribution >= 0.6 is 0 Å². The summed E-state index contributed by atoms with van der Waals surface area (Å²) < 4.78 is 0. The highest BCUT2D eigenvalue weighted by atomic mass is 16.2. The lowest BCUT2D eigenvalue weighted by molar-refractivity contribution is -0.132. The van der Waals surface area contributed by atoms with Crippen LogP contribution in [0.4, 0.5) is 0 Å². The molecule has 0 spiro atoms. The van der Waals surface area contributed by atoms with Crippen LogP contribution in [0.1, 0.15) is 26.7 Å². The average molecular weight is 257 g/mol. The molecule has 0 saturated carbocycles. The zero-order valence-corrected chi connectivity index (χ0v) is 11.6. The topological polar surface area (TPSA) is 78.5 Å². The van der Waals surface area contributed by atoms with Gasteiger partial charge in [-0.3, -0.25) is 14.4 Å². The molecule has 0 fully saturated rings. The lowest BCUT2D eigenvalue weighted by Gasteiger charge is -2.26. The number of amides is 2. The van der Waals surface area contributed by atoms with Gasteiger partial charge in [0.05, 0.1) is 0 Å². The summed E-state index contributed by atoms with van der Waals surface area (Å²) in [4.78, 5) is 35.5. The van der Waals surface area contributed by atoms with Crippen LogP contribution in [-0.4, -0.2) is 55.7 Å². The van der Waals surface area contributed by atoms with Gasteiger partial charge >= 0.3 is 0 Å². The second-order valence-electron chi connectivity index (χ2n) is 4.35. The molecule has 0 aliphatic heterocycles. The van der Waals surface area contributed by atoms with Gasteiger partial charge in [0.25, 0.3) is 0 Å². The van der Waals surface area contributed by atoms with Gasteiger partial charge in [0.15, 0.2) is 0 Å². The summed E-state index contributed by atoms with van der Waals surface area (Å²) in [5, 5.41) is 5.65. The third-order valence-electron chi connectivity index (χ3n) is 2.69. The quantitative estimate of drug-likeness (QED) is 0.577. The van der Waals surface area contributed by atoms with Gasteiger partial charge in [-0.15, -0.1) is 0 Å². The molecule has 0 aromatic rings. The van der Waals surface area contributed by atoms with Crippen molar-refractivity contribution in [3.8, 4) is 0 Å². The van der Waals surface area contributed by atoms with Gasteiger partial charge in [0, 0.05) is 45.9 Å². The van der Waals surface area contributed by atoms with Crippen molar-refractivity contribution < 1.29 is 14.4 Å². The first-order valence-corrected chi connectivity index (χ1v) is 6.02. The van der Waals surface area contributed by atoms with E-state index < -0.39 is 0 Å². The molecule has 0 bridgehead atoms. The fourth-order valence-electron chi connectivity index (χ4n) is 1.55. The summed E-state index contributed by atoms with van der Waals surface area (Å²) in [5.41, 5.74) is 0. The van der Waals surface area contributed by atoms with Crippen molar-refractivity contribution in [1.82, 2.24) is 15.5 Å². The Labute approximate surface area is 108 Å². The molecule has 0 radical (unpaired) electrons. The van der Waals surface area contributed by atoms with E-state index in [9.17, 15) is 14.4 Å². The van der Waals surface area contributed by atoms with Gasteiger partial charge in [-0.2, -0.15) is 0 Å². The van der Waals surface area contributed by atoms with Crippen molar-refractivity contribution in [2.45, 2.75) is 32.7 Å². The molecule has 0 aromatic carbocycles. The molecule has 18 heavy (non-hydrogen) atoms. The average Bonchev–Trinajstić information content (AvgIpc) is 2.26. The zero-order valence-electron chi connectivity index (χ0n) is 11.6. The van der Waals surface area contributed by atoms with Crippen LogP contribution in [-0.2, 0) is 14.4 Å². The Bertz CT molecular complexity index is 305. The van der Waals surface area contributed by atoms with E-state index in [1.165, 1.54) is 18.7 Å². The number of rotatable bonds is 8. The summed E-state index contributed by atoms with van der Waals surface area (Å²) in [6, 6.07) is -0.366. The standard InChI is InChI=1S/C12H23N3O3/c1-9(16)7-11(15(4)10(2)17)8-12(18)14-6-5-13-3/h11,13H,5-8H2,1-4H3,(H,14,18). The summed E-state index contributed by atoms with van der Waals surface area (Å²) in [6.07, 6.45) is 0.356. The van der Waals surface area contributed by atoms with Crippen molar-refractivity contribution in [3.05, 3.63) is 0 Å². The van der Waals surface area contributed by atoms with Crippen LogP contribution in [0.15, 0.2) is 0 Å². The molecule has 104 valence electrons. The summed E-state index contributed by atoms with van der Waals surface area (Å²) in [5.74, 6) is -0.329. The van der Waals surface area contributed by atoms with Crippen molar-refractivity contribution >= 4 is 17.6 Å². The first kappa shape index (κ1) is 16.6. The van der Waals surface area contributed by atoms with E-state index >= 15 is 0 Å². The minimum absolute atomic E-state index is 0.0314. The van der Waals surface area contributed by atoms with E-state index in [0.29, 0.717) is 13.1 Å². The minimum Gasteiger partial charge on any atom is -0.355 e. The molecule has 6 heteroatoms. The van der Waals surface area contributed by atoms with Crippen LogP contribution in [0, 0.1) is 0 Å². The molecule has 2 amide bonds. The van der Waals surface area contributed by atoms with E-state index in [1.54, 1.807) is 14.1 Å². The molecule has 2 N–H and O–H groups in total. The first-order chi connectivity index (χ1) is 8.38. The van der Waals surface area contributed by atoms with E-state index in [0.717, 1.165) is 0 Å². The Morgan fingerprint density at radius 1 is 1.11 bits per heavy atom. The molecule has 0 rings (SSSR count). The number of ketones is 1. The van der Waals surface area contributed by atoms with Gasteiger partial charge < -0.3 is 15.5 Å². The van der Waals surface area contributed by atoms with Gasteiger partial charge in [0.2, 0.25) is 11.8 Å². The van der Waals surface area contributed by atoms with Crippen molar-refractivity contribution in [1.29, 1.82) is 0 Å². The van der Waals surface area contributed by atoms with E-state index in [1.807, 2.05) is 0 Å². The van der Waals surface area contributed by atoms with Gasteiger partial charge in [-0.25, -0.2) is 0 Å². The zero-order chi connectivity index (χ0) is 14.1. The molecule has 1 unspecified atom stereocenters. The number of carbonyl (C=O) groups is 3. The maximum Gasteiger partial charge on any atom is 0.222 e. The Morgan fingerprint density at radius 2 is 1.72 bits per heavy atom. The maximum atomic E-state index is 11.6. The Kier molecular flexibility index (Phi) is 7.94. The van der Waals surface area contributed by atoms with Gasteiger partial charge in [-0.05, 0) is 14.0 Å². The van der Waals surface area contributed by atoms with E-state index in [2.05, 4.69) is 10.6 Å². The predicted octanol–water partition coefficient (Wildman–Crippen LogP) is -0.462. The predicted molar refractivity (Wildman–Crippen MR) is 69.1 cm³/mol. The molecular weight excluding hydrogens is 234 g/mol. The second kappa shape index (κ2) is 8.63. The van der Waals surface area contributed by atoms with E-state index in [4.69, 9.17) is 0 Å². The van der Waals surface area contributed by atoms with E-state index in [-0.39, 0.29) is 36.5 Å². The summed E-state index contributed by atoms with van der Waals surface area (Å²) in [6.45, 7) is 4.10. The lowest BCUT2D eigenvalue weighted by atomic mass is 10.1. The van der Waals surface area contributed by atoms with Crippen LogP contribution in [0.5, 0.6) is 0 Å². The molecule has 1 atom stereocenters. The fourth-order valence-corrected chi connectivity index (χ4v) is 1.55. The summed E-state index contributed by atoms with van der Waals surface area (Å²) in [7, 11) is 3.41. The molecular formula is C12H23N3O3. The normalized spacial score (nSPS) is 11.8. The van der Waals surface area contributed by atoms with Crippen LogP contribution in [0.25, 0.3) is 0 Å². The third-order valence-corrected chi connectivity index (χ3v) is 2.69. The fraction of sp³-hybridized carbons (Fsp3) is 0.750. The number of hydrogen-bond acceptors (Lipinski definition) is 4. The molecule has 0 aliphatic carbocycles. The Hall–Kier alpha value is -1.43. The van der Waals surface area contributed by atoms with Crippen molar-refractivity contribution in [2.75, 3.05) is 27.2 Å². The third kappa shape index (κ3) is 7.01. The number of likely N-dealkylation sites (N-methyl/N-ethyl adjacent to an activating group) is 1. The highest BCUT2D eigenvalue weighted by molar-refractivity contribution is 5.82. The summed E-state index contributed by atoms with van der Waals surface area (Å²) >= 11 is 0. The second-order valence-corrected chi connectivity index (χ2v) is 4.35. The smallest absolute Gasteiger partial charge is 0.222 e. The number of Topliss-reactive ketones (excluding diaryl/α,β-unsaturated/α-hetero) is 1. The number of carbonyl (C=O) groups excluding carboxylic acids is 3. The highest BCUT2D eigenvalue weighted by Crippen LogP contribution is 2.08. The number of nitrogens with zero attached hydrogens (tertiary/aromatic N) is 1. The van der Waals surface area contributed by atoms with Crippen LogP contribution < -0.4 is 10.6 Å². The molecule has 0 aromatic heterocycles. The molecule has 0 heterocycles. The van der Waals surface area contributed by atoms with Crippen LogP contribution in [0.2, 0.25) is 0 Å². The maximum absolute atomic E-state index is 11.6. The monoisotopic (exact) mass is 257 g/mol. The number of nitrogens with one attached hydrogen (secondary N) is 2. The Balaban J connectivity index is 4.35. The lowest BCUT2D eigenvalue weighted by Crippen LogP contribution is -2.41. The molecule has 0 aliphatic rings. The minimum atomic E-state index is -0.366. The SMILES string of the molecule is CNCCNC(=O)CC(CC(C)=O)N(C)C(C)=O. The van der Waals surface area contributed by atoms with Crippen LogP contribution in [0.3, 0.4) is 0 Å². The number of hydrogen-bond donors (Lipinski definition) is 2. The Morgan fingerprint density at radius 3 is 2.17 bits per heavy atom. The van der Waals surface area contributed by atoms with Crippen molar-refractivity contribution in [3.63, 3.8) is 0 Å². The largest absolute Gasteiger partial charge is 0.355 e. The van der Waals surface area contributed by atoms with Crippen molar-refractivity contribution in [2.24, 2.45) is 0 Å². The molecule has 6 nitrogen and oxygen atoms in total. The first-order valence-electron chi connectivity index (χ1n) is 6.02. The highest BCUT2D eigenvalue weighted by Gasteiger charge is 2.21. The van der Waals surface area contributed by atoms with Gasteiger partial charge in [-0.1, -0.05) is 0 Å². The molecule has 0 saturated heterocycles.